The van der Waals surface area contributed by atoms with Crippen molar-refractivity contribution in [3.8, 4) is 6.07 Å². The summed E-state index contributed by atoms with van der Waals surface area (Å²) in [7, 11) is 0. The van der Waals surface area contributed by atoms with Crippen LogP contribution >= 0.6 is 11.6 Å². The maximum absolute atomic E-state index is 13.9. The molecule has 0 fully saturated rings. The predicted octanol–water partition coefficient (Wildman–Crippen LogP) is 7.15. The zero-order chi connectivity index (χ0) is 29.3. The zero-order valence-corrected chi connectivity index (χ0v) is 23.0. The third-order valence-electron chi connectivity index (χ3n) is 6.11. The van der Waals surface area contributed by atoms with Crippen molar-refractivity contribution >= 4 is 39.6 Å². The fraction of sp³-hybridized carbons (Fsp3) is 0.207. The zero-order valence-electron chi connectivity index (χ0n) is 22.3. The normalized spacial score (nSPS) is 12.2. The van der Waals surface area contributed by atoms with E-state index in [0.717, 1.165) is 12.3 Å². The first-order chi connectivity index (χ1) is 19.5. The lowest BCUT2D eigenvalue weighted by molar-refractivity contribution is 0.321. The lowest BCUT2D eigenvalue weighted by Crippen LogP contribution is -2.16. The number of halogens is 4. The third-order valence-corrected chi connectivity index (χ3v) is 6.33. The van der Waals surface area contributed by atoms with Gasteiger partial charge in [-0.3, -0.25) is 9.67 Å². The lowest BCUT2D eigenvalue weighted by Gasteiger charge is -2.21. The third kappa shape index (κ3) is 6.23. The number of fused-ring (bicyclic) bond motifs is 1. The second-order valence-corrected chi connectivity index (χ2v) is 11.1. The molecule has 0 aliphatic carbocycles. The van der Waals surface area contributed by atoms with Crippen LogP contribution in [0.3, 0.4) is 0 Å². The fourth-order valence-electron chi connectivity index (χ4n) is 4.38. The molecule has 2 N–H and O–H groups in total. The van der Waals surface area contributed by atoms with Gasteiger partial charge in [0.15, 0.2) is 5.82 Å². The number of anilines is 3. The largest absolute Gasteiger partial charge is 0.371 e. The molecule has 0 aliphatic heterocycles. The molecular weight excluding hydrogens is 553 g/mol. The van der Waals surface area contributed by atoms with E-state index in [0.29, 0.717) is 39.4 Å². The Kier molecular flexibility index (Phi) is 7.51. The highest BCUT2D eigenvalue weighted by Gasteiger charge is 2.22. The summed E-state index contributed by atoms with van der Waals surface area (Å²) in [6.07, 6.45) is 4.30. The summed E-state index contributed by atoms with van der Waals surface area (Å²) in [6.45, 7) is 6.89. The fourth-order valence-corrected chi connectivity index (χ4v) is 4.60. The number of pyridine rings is 2. The van der Waals surface area contributed by atoms with E-state index < -0.39 is 17.8 Å². The van der Waals surface area contributed by atoms with Crippen LogP contribution in [-0.2, 0) is 6.54 Å². The van der Waals surface area contributed by atoms with Gasteiger partial charge in [-0.15, -0.1) is 5.10 Å². The number of hydrogen-bond donors (Lipinski definition) is 2. The van der Waals surface area contributed by atoms with Gasteiger partial charge in [0.2, 0.25) is 5.95 Å². The van der Waals surface area contributed by atoms with Gasteiger partial charge in [-0.1, -0.05) is 49.7 Å². The van der Waals surface area contributed by atoms with Gasteiger partial charge in [-0.25, -0.2) is 13.8 Å². The van der Waals surface area contributed by atoms with Crippen LogP contribution in [-0.4, -0.2) is 25.0 Å². The molecule has 8 nitrogen and oxygen atoms in total. The number of nitrogens with one attached hydrogen (secondary N) is 2. The molecule has 0 spiro atoms. The molecule has 1 atom stereocenters. The van der Waals surface area contributed by atoms with E-state index in [1.165, 1.54) is 18.3 Å². The van der Waals surface area contributed by atoms with Crippen molar-refractivity contribution in [3.63, 3.8) is 0 Å². The Labute approximate surface area is 238 Å². The minimum absolute atomic E-state index is 0.0400. The standard InChI is InChI=1S/C29H24ClF3N8/c1-29(2,3)15-41-14-24(39-40-41)26(16-4-6-19(31)7-5-16)38-23-9-18(30)8-21-25(17(11-34)12-35-27(21)23)37-20-10-22(32)28(33)36-13-20/h4-10,12-14,26,38H,15H2,1-3H3,(H,35,37)/t26-/m0/s1. The summed E-state index contributed by atoms with van der Waals surface area (Å²) in [5.41, 5.74) is 2.73. The van der Waals surface area contributed by atoms with Crippen LogP contribution in [0.2, 0.25) is 5.02 Å². The highest BCUT2D eigenvalue weighted by Crippen LogP contribution is 2.37. The molecule has 5 aromatic rings. The van der Waals surface area contributed by atoms with Crippen molar-refractivity contribution in [1.29, 1.82) is 5.26 Å². The molecule has 0 amide bonds. The Bertz CT molecular complexity index is 1770. The van der Waals surface area contributed by atoms with Gasteiger partial charge in [-0.2, -0.15) is 9.65 Å². The first-order valence-corrected chi connectivity index (χ1v) is 12.9. The number of nitriles is 1. The SMILES string of the molecule is CC(C)(C)Cn1cc([C@@H](Nc2cc(Cl)cc3c(Nc4cnc(F)c(F)c4)c(C#N)cnc23)c2ccc(F)cc2)nn1. The highest BCUT2D eigenvalue weighted by molar-refractivity contribution is 6.32. The number of aromatic nitrogens is 5. The second kappa shape index (κ2) is 11.1. The maximum atomic E-state index is 13.9. The molecule has 0 saturated heterocycles. The van der Waals surface area contributed by atoms with Crippen LogP contribution in [0.25, 0.3) is 10.9 Å². The minimum atomic E-state index is -1.24. The molecule has 0 bridgehead atoms. The van der Waals surface area contributed by atoms with Gasteiger partial charge in [-0.05, 0) is 35.2 Å². The lowest BCUT2D eigenvalue weighted by atomic mass is 9.97. The quantitative estimate of drug-likeness (QED) is 0.198. The van der Waals surface area contributed by atoms with Gasteiger partial charge >= 0.3 is 0 Å². The van der Waals surface area contributed by atoms with Gasteiger partial charge < -0.3 is 10.6 Å². The van der Waals surface area contributed by atoms with Gasteiger partial charge in [0, 0.05) is 29.2 Å². The molecule has 3 aromatic heterocycles. The Balaban J connectivity index is 1.61. The Morgan fingerprint density at radius 2 is 1.80 bits per heavy atom. The Morgan fingerprint density at radius 1 is 1.05 bits per heavy atom. The minimum Gasteiger partial charge on any atom is -0.371 e. The first kappa shape index (κ1) is 27.9. The van der Waals surface area contributed by atoms with Crippen molar-refractivity contribution in [2.24, 2.45) is 5.41 Å². The van der Waals surface area contributed by atoms with E-state index in [-0.39, 0.29) is 28.2 Å². The summed E-state index contributed by atoms with van der Waals surface area (Å²) in [5.74, 6) is -2.77. The summed E-state index contributed by atoms with van der Waals surface area (Å²) >= 11 is 6.53. The molecule has 0 unspecified atom stereocenters. The van der Waals surface area contributed by atoms with E-state index in [4.69, 9.17) is 11.6 Å². The summed E-state index contributed by atoms with van der Waals surface area (Å²) < 4.78 is 42.8. The van der Waals surface area contributed by atoms with Crippen LogP contribution in [0.1, 0.15) is 43.6 Å². The summed E-state index contributed by atoms with van der Waals surface area (Å²) in [5, 5.41) is 25.6. The van der Waals surface area contributed by atoms with Crippen molar-refractivity contribution in [2.75, 3.05) is 10.6 Å². The Morgan fingerprint density at radius 3 is 2.49 bits per heavy atom. The van der Waals surface area contributed by atoms with Crippen LogP contribution in [0.15, 0.2) is 61.1 Å². The van der Waals surface area contributed by atoms with Crippen LogP contribution in [0.4, 0.5) is 30.2 Å². The van der Waals surface area contributed by atoms with Crippen molar-refractivity contribution in [3.05, 3.63) is 100 Å². The monoisotopic (exact) mass is 576 g/mol. The van der Waals surface area contributed by atoms with E-state index in [1.54, 1.807) is 28.9 Å². The van der Waals surface area contributed by atoms with E-state index in [2.05, 4.69) is 57.8 Å². The van der Waals surface area contributed by atoms with E-state index >= 15 is 0 Å². The molecule has 41 heavy (non-hydrogen) atoms. The van der Waals surface area contributed by atoms with Crippen LogP contribution in [0.5, 0.6) is 0 Å². The molecule has 0 saturated carbocycles. The maximum Gasteiger partial charge on any atom is 0.249 e. The van der Waals surface area contributed by atoms with Crippen LogP contribution < -0.4 is 10.6 Å². The number of benzene rings is 2. The smallest absolute Gasteiger partial charge is 0.249 e. The predicted molar refractivity (Wildman–Crippen MR) is 150 cm³/mol. The summed E-state index contributed by atoms with van der Waals surface area (Å²) in [4.78, 5) is 7.90. The van der Waals surface area contributed by atoms with Crippen LogP contribution in [0, 0.1) is 34.3 Å². The van der Waals surface area contributed by atoms with Gasteiger partial charge in [0.25, 0.3) is 0 Å². The summed E-state index contributed by atoms with van der Waals surface area (Å²) in [6, 6.07) is 11.7. The van der Waals surface area contributed by atoms with Crippen molar-refractivity contribution in [1.82, 2.24) is 25.0 Å². The van der Waals surface area contributed by atoms with Crippen molar-refractivity contribution in [2.45, 2.75) is 33.4 Å². The molecule has 0 aliphatic rings. The van der Waals surface area contributed by atoms with Gasteiger partial charge in [0.1, 0.15) is 17.6 Å². The topological polar surface area (TPSA) is 104 Å². The molecule has 3 heterocycles. The Hall–Kier alpha value is -4.69. The molecule has 5 rings (SSSR count). The molecule has 2 aromatic carbocycles. The first-order valence-electron chi connectivity index (χ1n) is 12.5. The number of rotatable bonds is 7. The molecule has 12 heteroatoms. The average molecular weight is 577 g/mol. The molecular formula is C29H24ClF3N8. The number of hydrogen-bond acceptors (Lipinski definition) is 7. The molecule has 0 radical (unpaired) electrons. The average Bonchev–Trinajstić information content (AvgIpc) is 3.36. The van der Waals surface area contributed by atoms with E-state index in [1.807, 2.05) is 6.20 Å². The second-order valence-electron chi connectivity index (χ2n) is 10.7. The van der Waals surface area contributed by atoms with E-state index in [9.17, 15) is 18.4 Å². The highest BCUT2D eigenvalue weighted by atomic mass is 35.5. The molecule has 208 valence electrons. The van der Waals surface area contributed by atoms with Crippen molar-refractivity contribution < 1.29 is 13.2 Å². The number of nitrogens with zero attached hydrogens (tertiary/aromatic N) is 6. The van der Waals surface area contributed by atoms with Gasteiger partial charge in [0.05, 0.1) is 46.6 Å².